The van der Waals surface area contributed by atoms with E-state index in [9.17, 15) is 9.90 Å². The van der Waals surface area contributed by atoms with Crippen LogP contribution in [0.5, 0.6) is 0 Å². The van der Waals surface area contributed by atoms with Gasteiger partial charge in [-0.2, -0.15) is 0 Å². The first-order chi connectivity index (χ1) is 9.73. The van der Waals surface area contributed by atoms with Crippen molar-refractivity contribution in [3.63, 3.8) is 0 Å². The minimum Gasteiger partial charge on any atom is -0.444 e. The van der Waals surface area contributed by atoms with Crippen LogP contribution in [0, 0.1) is 0 Å². The van der Waals surface area contributed by atoms with Crippen LogP contribution in [0.4, 0.5) is 4.79 Å². The van der Waals surface area contributed by atoms with E-state index < -0.39 is 20.0 Å². The van der Waals surface area contributed by atoms with Gasteiger partial charge < -0.3 is 19.2 Å². The number of ether oxygens (including phenoxy) is 1. The van der Waals surface area contributed by atoms with Crippen molar-refractivity contribution in [2.24, 2.45) is 0 Å². The molecule has 2 unspecified atom stereocenters. The molecule has 1 heterocycles. The Morgan fingerprint density at radius 1 is 1.23 bits per heavy atom. The fraction of sp³-hybridized carbons (Fsp3) is 0.938. The monoisotopic (exact) mass is 331 g/mol. The summed E-state index contributed by atoms with van der Waals surface area (Å²) in [6.07, 6.45) is -0.318. The fourth-order valence-corrected chi connectivity index (χ4v) is 3.16. The van der Waals surface area contributed by atoms with Crippen molar-refractivity contribution in [2.45, 2.75) is 83.8 Å². The topological polar surface area (TPSA) is 59.0 Å². The zero-order chi connectivity index (χ0) is 17.3. The standard InChI is InChI=1S/C16H33NO4Si/c1-15(2,3)21-14(19)17-10-13(18)9-12(17)11-20-22(7,8)16(4,5)6/h12-13,18H,9-11H2,1-8H3. The van der Waals surface area contributed by atoms with E-state index in [0.29, 0.717) is 19.6 Å². The molecular formula is C16H33NO4Si. The molecule has 1 aliphatic rings. The van der Waals surface area contributed by atoms with E-state index in [4.69, 9.17) is 9.16 Å². The first-order valence-corrected chi connectivity index (χ1v) is 11.0. The Kier molecular flexibility index (Phi) is 5.74. The Labute approximate surface area is 136 Å². The van der Waals surface area contributed by atoms with Gasteiger partial charge in [0.25, 0.3) is 0 Å². The van der Waals surface area contributed by atoms with Gasteiger partial charge in [-0.25, -0.2) is 4.79 Å². The molecule has 1 rings (SSSR count). The van der Waals surface area contributed by atoms with Gasteiger partial charge in [0.15, 0.2) is 8.32 Å². The maximum Gasteiger partial charge on any atom is 0.410 e. The molecule has 0 bridgehead atoms. The molecule has 1 N–H and O–H groups in total. The lowest BCUT2D eigenvalue weighted by molar-refractivity contribution is 0.0168. The molecular weight excluding hydrogens is 298 g/mol. The van der Waals surface area contributed by atoms with Crippen LogP contribution in [0.1, 0.15) is 48.0 Å². The Balaban J connectivity index is 2.70. The summed E-state index contributed by atoms with van der Waals surface area (Å²) in [7, 11) is -1.87. The van der Waals surface area contributed by atoms with E-state index >= 15 is 0 Å². The lowest BCUT2D eigenvalue weighted by Gasteiger charge is -2.38. The van der Waals surface area contributed by atoms with Crippen LogP contribution < -0.4 is 0 Å². The van der Waals surface area contributed by atoms with Crippen LogP contribution in [-0.2, 0) is 9.16 Å². The van der Waals surface area contributed by atoms with E-state index in [2.05, 4.69) is 33.9 Å². The number of nitrogens with zero attached hydrogens (tertiary/aromatic N) is 1. The molecule has 0 aromatic heterocycles. The van der Waals surface area contributed by atoms with Gasteiger partial charge in [-0.1, -0.05) is 20.8 Å². The summed E-state index contributed by atoms with van der Waals surface area (Å²) in [4.78, 5) is 13.9. The van der Waals surface area contributed by atoms with E-state index in [-0.39, 0.29) is 17.2 Å². The second-order valence-corrected chi connectivity index (χ2v) is 13.6. The number of aliphatic hydroxyl groups is 1. The highest BCUT2D eigenvalue weighted by atomic mass is 28.4. The number of likely N-dealkylation sites (tertiary alicyclic amines) is 1. The van der Waals surface area contributed by atoms with Gasteiger partial charge in [-0.15, -0.1) is 0 Å². The maximum absolute atomic E-state index is 12.3. The van der Waals surface area contributed by atoms with E-state index in [1.165, 1.54) is 0 Å². The van der Waals surface area contributed by atoms with Gasteiger partial charge in [-0.05, 0) is 45.3 Å². The zero-order valence-electron chi connectivity index (χ0n) is 15.4. The van der Waals surface area contributed by atoms with Crippen LogP contribution >= 0.6 is 0 Å². The number of aliphatic hydroxyl groups excluding tert-OH is 1. The van der Waals surface area contributed by atoms with Gasteiger partial charge in [0.1, 0.15) is 5.60 Å². The number of hydrogen-bond acceptors (Lipinski definition) is 4. The summed E-state index contributed by atoms with van der Waals surface area (Å²) in [5.74, 6) is 0. The number of β-amino-alcohol motifs (C(OH)–C–C–N with tert-alkyl or cyclic N) is 1. The minimum absolute atomic E-state index is 0.112. The summed E-state index contributed by atoms with van der Waals surface area (Å²) < 4.78 is 11.6. The molecule has 0 saturated carbocycles. The molecule has 0 aliphatic carbocycles. The van der Waals surface area contributed by atoms with Crippen molar-refractivity contribution in [3.05, 3.63) is 0 Å². The third-order valence-corrected chi connectivity index (χ3v) is 8.96. The van der Waals surface area contributed by atoms with E-state index in [1.54, 1.807) is 4.90 Å². The molecule has 0 spiro atoms. The molecule has 1 saturated heterocycles. The number of hydrogen-bond donors (Lipinski definition) is 1. The van der Waals surface area contributed by atoms with Crippen LogP contribution in [0.2, 0.25) is 18.1 Å². The highest BCUT2D eigenvalue weighted by Crippen LogP contribution is 2.37. The Morgan fingerprint density at radius 2 is 1.77 bits per heavy atom. The smallest absolute Gasteiger partial charge is 0.410 e. The van der Waals surface area contributed by atoms with Crippen molar-refractivity contribution in [1.82, 2.24) is 4.90 Å². The highest BCUT2D eigenvalue weighted by Gasteiger charge is 2.41. The molecule has 0 aromatic carbocycles. The van der Waals surface area contributed by atoms with E-state index in [0.717, 1.165) is 0 Å². The van der Waals surface area contributed by atoms with Crippen LogP contribution in [0.3, 0.4) is 0 Å². The SMILES string of the molecule is CC(C)(C)OC(=O)N1CC(O)CC1CO[Si](C)(C)C(C)(C)C. The van der Waals surface area contributed by atoms with Crippen molar-refractivity contribution < 1.29 is 19.1 Å². The number of carbonyl (C=O) groups is 1. The molecule has 22 heavy (non-hydrogen) atoms. The van der Waals surface area contributed by atoms with Gasteiger partial charge in [0, 0.05) is 0 Å². The van der Waals surface area contributed by atoms with Crippen molar-refractivity contribution in [2.75, 3.05) is 13.2 Å². The number of amides is 1. The van der Waals surface area contributed by atoms with Crippen molar-refractivity contribution >= 4 is 14.4 Å². The molecule has 6 heteroatoms. The Hall–Kier alpha value is -0.593. The summed E-state index contributed by atoms with van der Waals surface area (Å²) in [5.41, 5.74) is -0.532. The maximum atomic E-state index is 12.3. The largest absolute Gasteiger partial charge is 0.444 e. The molecule has 1 amide bonds. The molecule has 5 nitrogen and oxygen atoms in total. The summed E-state index contributed by atoms with van der Waals surface area (Å²) in [6, 6.07) is -0.112. The highest BCUT2D eigenvalue weighted by molar-refractivity contribution is 6.74. The Morgan fingerprint density at radius 3 is 2.23 bits per heavy atom. The van der Waals surface area contributed by atoms with Crippen LogP contribution in [0.15, 0.2) is 0 Å². The molecule has 1 fully saturated rings. The molecule has 0 radical (unpaired) electrons. The first-order valence-electron chi connectivity index (χ1n) is 8.04. The van der Waals surface area contributed by atoms with Gasteiger partial charge in [0.2, 0.25) is 0 Å². The van der Waals surface area contributed by atoms with Gasteiger partial charge in [-0.3, -0.25) is 0 Å². The van der Waals surface area contributed by atoms with E-state index in [1.807, 2.05) is 20.8 Å². The Bertz CT molecular complexity index is 398. The molecule has 1 aliphatic heterocycles. The van der Waals surface area contributed by atoms with Gasteiger partial charge >= 0.3 is 6.09 Å². The van der Waals surface area contributed by atoms with Crippen LogP contribution in [0.25, 0.3) is 0 Å². The second-order valence-electron chi connectivity index (χ2n) is 8.75. The summed E-state index contributed by atoms with van der Waals surface area (Å²) >= 11 is 0. The average molecular weight is 332 g/mol. The van der Waals surface area contributed by atoms with Crippen LogP contribution in [-0.4, -0.2) is 55.3 Å². The normalized spacial score (nSPS) is 23.8. The molecule has 0 aromatic rings. The van der Waals surface area contributed by atoms with Crippen molar-refractivity contribution in [1.29, 1.82) is 0 Å². The second kappa shape index (κ2) is 6.49. The van der Waals surface area contributed by atoms with Crippen molar-refractivity contribution in [3.8, 4) is 0 Å². The quantitative estimate of drug-likeness (QED) is 0.806. The number of carbonyl (C=O) groups excluding carboxylic acids is 1. The summed E-state index contributed by atoms with van der Waals surface area (Å²) in [5, 5.41) is 10.0. The zero-order valence-corrected chi connectivity index (χ0v) is 16.4. The third kappa shape index (κ3) is 5.24. The molecule has 2 atom stereocenters. The fourth-order valence-electron chi connectivity index (χ4n) is 2.12. The third-order valence-electron chi connectivity index (χ3n) is 4.46. The number of rotatable bonds is 3. The minimum atomic E-state index is -1.87. The van der Waals surface area contributed by atoms with Gasteiger partial charge in [0.05, 0.1) is 25.3 Å². The molecule has 130 valence electrons. The predicted octanol–water partition coefficient (Wildman–Crippen LogP) is 3.38. The first kappa shape index (κ1) is 19.5. The lowest BCUT2D eigenvalue weighted by atomic mass is 10.2. The predicted molar refractivity (Wildman–Crippen MR) is 90.5 cm³/mol. The average Bonchev–Trinajstić information content (AvgIpc) is 2.64. The summed E-state index contributed by atoms with van der Waals surface area (Å²) in [6.45, 7) is 17.3. The lowest BCUT2D eigenvalue weighted by Crippen LogP contribution is -2.46.